The Morgan fingerprint density at radius 2 is 1.14 bits per heavy atom. The molecule has 0 bridgehead atoms. The fourth-order valence-electron chi connectivity index (χ4n) is 7.73. The summed E-state index contributed by atoms with van der Waals surface area (Å²) >= 11 is 0. The minimum atomic E-state index is -0.0924. The van der Waals surface area contributed by atoms with Crippen molar-refractivity contribution in [3.8, 4) is 55.9 Å². The molecule has 9 aromatic rings. The highest BCUT2D eigenvalue weighted by atomic mass is 15.1. The number of benzene rings is 5. The van der Waals surface area contributed by atoms with E-state index in [-0.39, 0.29) is 5.41 Å². The van der Waals surface area contributed by atoms with Crippen LogP contribution in [0.3, 0.4) is 0 Å². The van der Waals surface area contributed by atoms with E-state index in [9.17, 15) is 0 Å². The molecule has 4 heterocycles. The van der Waals surface area contributed by atoms with Crippen molar-refractivity contribution in [1.29, 1.82) is 0 Å². The molecule has 0 saturated heterocycles. The van der Waals surface area contributed by atoms with Gasteiger partial charge < -0.3 is 0 Å². The van der Waals surface area contributed by atoms with E-state index in [4.69, 9.17) is 9.97 Å². The van der Waals surface area contributed by atoms with E-state index >= 15 is 0 Å². The van der Waals surface area contributed by atoms with Gasteiger partial charge in [-0.25, -0.2) is 0 Å². The molecule has 1 aliphatic carbocycles. The van der Waals surface area contributed by atoms with Crippen molar-refractivity contribution < 1.29 is 0 Å². The first-order valence-corrected chi connectivity index (χ1v) is 17.2. The first-order chi connectivity index (χ1) is 25.0. The van der Waals surface area contributed by atoms with Crippen LogP contribution in [-0.2, 0) is 5.41 Å². The quantitative estimate of drug-likeness (QED) is 0.177. The van der Waals surface area contributed by atoms with Gasteiger partial charge in [-0.05, 0) is 88.0 Å². The zero-order chi connectivity index (χ0) is 34.1. The lowest BCUT2D eigenvalue weighted by Gasteiger charge is -2.22. The fraction of sp³-hybridized carbons (Fsp3) is 0.0652. The number of fused-ring (bicyclic) bond motifs is 7. The summed E-state index contributed by atoms with van der Waals surface area (Å²) in [5.41, 5.74) is 15.9. The van der Waals surface area contributed by atoms with Crippen LogP contribution >= 0.6 is 0 Å². The number of aromatic nitrogens is 5. The summed E-state index contributed by atoms with van der Waals surface area (Å²) in [7, 11) is 0. The van der Waals surface area contributed by atoms with Gasteiger partial charge in [-0.15, -0.1) is 10.2 Å². The third kappa shape index (κ3) is 4.81. The molecule has 51 heavy (non-hydrogen) atoms. The minimum Gasteiger partial charge on any atom is -0.256 e. The summed E-state index contributed by atoms with van der Waals surface area (Å²) in [6, 6.07) is 47.2. The van der Waals surface area contributed by atoms with Gasteiger partial charge in [-0.2, -0.15) is 0 Å². The van der Waals surface area contributed by atoms with E-state index < -0.39 is 0 Å². The maximum Gasteiger partial charge on any atom is 0.0964 e. The number of hydrogen-bond donors (Lipinski definition) is 0. The molecule has 5 heteroatoms. The molecule has 5 nitrogen and oxygen atoms in total. The number of nitrogens with zero attached hydrogens (tertiary/aromatic N) is 5. The highest BCUT2D eigenvalue weighted by molar-refractivity contribution is 6.03. The lowest BCUT2D eigenvalue weighted by molar-refractivity contribution is 0.660. The second kappa shape index (κ2) is 11.2. The highest BCUT2D eigenvalue weighted by Gasteiger charge is 2.35. The fourth-order valence-corrected chi connectivity index (χ4v) is 7.73. The lowest BCUT2D eigenvalue weighted by atomic mass is 9.81. The Hall–Kier alpha value is -6.59. The molecule has 4 aromatic heterocycles. The Labute approximate surface area is 295 Å². The molecule has 0 spiro atoms. The first kappa shape index (κ1) is 29.3. The zero-order valence-corrected chi connectivity index (χ0v) is 28.2. The topological polar surface area (TPSA) is 64.5 Å². The number of pyridine rings is 3. The molecule has 0 N–H and O–H groups in total. The van der Waals surface area contributed by atoms with Crippen molar-refractivity contribution in [3.63, 3.8) is 0 Å². The molecular formula is C46H31N5. The molecule has 0 fully saturated rings. The van der Waals surface area contributed by atoms with E-state index in [1.807, 2.05) is 42.9 Å². The largest absolute Gasteiger partial charge is 0.256 e. The highest BCUT2D eigenvalue weighted by Crippen LogP contribution is 2.49. The summed E-state index contributed by atoms with van der Waals surface area (Å²) < 4.78 is 0. The molecular weight excluding hydrogens is 623 g/mol. The molecule has 0 aliphatic heterocycles. The molecule has 1 aliphatic rings. The van der Waals surface area contributed by atoms with Gasteiger partial charge in [0.25, 0.3) is 0 Å². The molecule has 5 aromatic carbocycles. The predicted molar refractivity (Wildman–Crippen MR) is 207 cm³/mol. The van der Waals surface area contributed by atoms with E-state index in [1.165, 1.54) is 22.3 Å². The van der Waals surface area contributed by atoms with Crippen molar-refractivity contribution in [2.45, 2.75) is 19.3 Å². The van der Waals surface area contributed by atoms with Crippen molar-refractivity contribution >= 4 is 32.7 Å². The van der Waals surface area contributed by atoms with Gasteiger partial charge >= 0.3 is 0 Å². The third-order valence-corrected chi connectivity index (χ3v) is 10.5. The molecule has 0 amide bonds. The van der Waals surface area contributed by atoms with Gasteiger partial charge in [0.2, 0.25) is 0 Å². The molecule has 0 radical (unpaired) electrons. The van der Waals surface area contributed by atoms with Crippen LogP contribution in [0.4, 0.5) is 0 Å². The zero-order valence-electron chi connectivity index (χ0n) is 28.2. The molecule has 240 valence electrons. The van der Waals surface area contributed by atoms with Crippen molar-refractivity contribution in [1.82, 2.24) is 25.1 Å². The van der Waals surface area contributed by atoms with Crippen molar-refractivity contribution in [3.05, 3.63) is 163 Å². The van der Waals surface area contributed by atoms with Crippen LogP contribution in [0, 0.1) is 0 Å². The summed E-state index contributed by atoms with van der Waals surface area (Å²) in [6.07, 6.45) is 5.67. The van der Waals surface area contributed by atoms with Gasteiger partial charge in [-0.3, -0.25) is 15.0 Å². The molecule has 0 unspecified atom stereocenters. The SMILES string of the molecule is CC1(C)c2ccccc2-c2ccc(-c3cc(-c4ccc(-c5cnc6c(ccc7cccnc76)c5)cn4)cc(-c4cc5ccccc5nn4)c3)cc21. The van der Waals surface area contributed by atoms with Crippen LogP contribution in [-0.4, -0.2) is 25.1 Å². The lowest BCUT2D eigenvalue weighted by Crippen LogP contribution is -2.14. The van der Waals surface area contributed by atoms with E-state index in [2.05, 4.69) is 138 Å². The van der Waals surface area contributed by atoms with E-state index in [0.29, 0.717) is 0 Å². The summed E-state index contributed by atoms with van der Waals surface area (Å²) in [4.78, 5) is 14.4. The van der Waals surface area contributed by atoms with E-state index in [0.717, 1.165) is 77.5 Å². The minimum absolute atomic E-state index is 0.0924. The van der Waals surface area contributed by atoms with E-state index in [1.54, 1.807) is 0 Å². The second-order valence-electron chi connectivity index (χ2n) is 13.9. The number of hydrogen-bond acceptors (Lipinski definition) is 5. The van der Waals surface area contributed by atoms with Crippen LogP contribution in [0.15, 0.2) is 152 Å². The summed E-state index contributed by atoms with van der Waals surface area (Å²) in [5, 5.41) is 12.4. The van der Waals surface area contributed by atoms with Crippen LogP contribution in [0.1, 0.15) is 25.0 Å². The molecule has 0 saturated carbocycles. The predicted octanol–water partition coefficient (Wildman–Crippen LogP) is 11.1. The second-order valence-corrected chi connectivity index (χ2v) is 13.9. The maximum atomic E-state index is 5.01. The van der Waals surface area contributed by atoms with Crippen molar-refractivity contribution in [2.75, 3.05) is 0 Å². The van der Waals surface area contributed by atoms with Crippen LogP contribution in [0.5, 0.6) is 0 Å². The van der Waals surface area contributed by atoms with Crippen LogP contribution in [0.2, 0.25) is 0 Å². The van der Waals surface area contributed by atoms with Gasteiger partial charge in [0.05, 0.1) is 27.9 Å². The Morgan fingerprint density at radius 1 is 0.412 bits per heavy atom. The molecule has 0 atom stereocenters. The molecule has 10 rings (SSSR count). The average molecular weight is 654 g/mol. The Bertz CT molecular complexity index is 2840. The van der Waals surface area contributed by atoms with Gasteiger partial charge in [0.1, 0.15) is 0 Å². The Kier molecular flexibility index (Phi) is 6.46. The van der Waals surface area contributed by atoms with Crippen LogP contribution in [0.25, 0.3) is 88.6 Å². The average Bonchev–Trinajstić information content (AvgIpc) is 3.42. The summed E-state index contributed by atoms with van der Waals surface area (Å²) in [6.45, 7) is 4.65. The third-order valence-electron chi connectivity index (χ3n) is 10.5. The normalized spacial score (nSPS) is 13.1. The van der Waals surface area contributed by atoms with Gasteiger partial charge in [0, 0.05) is 62.4 Å². The maximum absolute atomic E-state index is 5.01. The standard InChI is InChI=1S/C46H31N5/c1-46(2)39-11-5-4-10-37(39)38-17-15-29(24-40(38)46)33-21-34(23-35(22-33)43-25-30-8-3-6-12-42(30)50-51-43)41-18-16-32(26-48-41)36-20-31-14-13-28-9-7-19-47-44(28)45(31)49-27-36/h3-27H,1-2H3. The Morgan fingerprint density at radius 3 is 2.04 bits per heavy atom. The van der Waals surface area contributed by atoms with Gasteiger partial charge in [0.15, 0.2) is 0 Å². The van der Waals surface area contributed by atoms with Gasteiger partial charge in [-0.1, -0.05) is 92.7 Å². The number of rotatable bonds is 4. The smallest absolute Gasteiger partial charge is 0.0964 e. The first-order valence-electron chi connectivity index (χ1n) is 17.2. The van der Waals surface area contributed by atoms with Crippen LogP contribution < -0.4 is 0 Å². The van der Waals surface area contributed by atoms with Crippen molar-refractivity contribution in [2.24, 2.45) is 0 Å². The summed E-state index contributed by atoms with van der Waals surface area (Å²) in [5.74, 6) is 0. The Balaban J connectivity index is 1.08. The monoisotopic (exact) mass is 653 g/mol.